The Hall–Kier alpha value is -1.97. The minimum Gasteiger partial charge on any atom is -1.00 e. The molecule has 9 heteroatoms. The van der Waals surface area contributed by atoms with Gasteiger partial charge >= 0.3 is 29.6 Å². The van der Waals surface area contributed by atoms with Crippen molar-refractivity contribution in [3.63, 3.8) is 0 Å². The molecule has 0 aliphatic rings. The predicted molar refractivity (Wildman–Crippen MR) is 93.7 cm³/mol. The van der Waals surface area contributed by atoms with Crippen LogP contribution in [0.15, 0.2) is 69.7 Å². The maximum Gasteiger partial charge on any atom is 1.00 e. The van der Waals surface area contributed by atoms with Gasteiger partial charge in [0, 0.05) is 5.39 Å². The number of fused-ring (bicyclic) bond motifs is 1. The fraction of sp³-hybridized carbons (Fsp3) is 0.0588. The zero-order valence-electron chi connectivity index (χ0n) is 15.1. The van der Waals surface area contributed by atoms with Crippen molar-refractivity contribution in [1.82, 2.24) is 0 Å². The summed E-state index contributed by atoms with van der Waals surface area (Å²) in [6.45, 7) is 0. The summed E-state index contributed by atoms with van der Waals surface area (Å²) in [5, 5.41) is 19.2. The van der Waals surface area contributed by atoms with Gasteiger partial charge in [0.15, 0.2) is 0 Å². The molecule has 130 valence electrons. The summed E-state index contributed by atoms with van der Waals surface area (Å²) in [5.41, 5.74) is 0.766. The van der Waals surface area contributed by atoms with Gasteiger partial charge in [0.05, 0.1) is 17.7 Å². The van der Waals surface area contributed by atoms with Gasteiger partial charge in [-0.1, -0.05) is 12.1 Å². The van der Waals surface area contributed by atoms with Gasteiger partial charge in [-0.25, -0.2) is 0 Å². The molecule has 0 heterocycles. The first kappa shape index (κ1) is 20.3. The SMILES string of the molecule is COc1ccc(N=Nc2c(O)ccc3cc(S(=O)(=O)O)ccc23)cc1.[H-].[Na+]. The number of phenolic OH excluding ortho intramolecular Hbond substituents is 1. The molecule has 0 aliphatic carbocycles. The van der Waals surface area contributed by atoms with Crippen molar-refractivity contribution in [2.75, 3.05) is 7.11 Å². The van der Waals surface area contributed by atoms with Crippen LogP contribution in [0, 0.1) is 0 Å². The van der Waals surface area contributed by atoms with E-state index >= 15 is 0 Å². The van der Waals surface area contributed by atoms with E-state index < -0.39 is 10.1 Å². The summed E-state index contributed by atoms with van der Waals surface area (Å²) in [4.78, 5) is -0.233. The predicted octanol–water partition coefficient (Wildman–Crippen LogP) is 1.33. The maximum atomic E-state index is 11.2. The molecule has 0 spiro atoms. The fourth-order valence-electron chi connectivity index (χ4n) is 2.30. The molecule has 0 amide bonds. The van der Waals surface area contributed by atoms with E-state index in [0.717, 1.165) is 0 Å². The third-order valence-corrected chi connectivity index (χ3v) is 4.43. The van der Waals surface area contributed by atoms with Crippen LogP contribution >= 0.6 is 0 Å². The van der Waals surface area contributed by atoms with Crippen LogP contribution in [0.25, 0.3) is 10.8 Å². The molecule has 0 bridgehead atoms. The zero-order valence-corrected chi connectivity index (χ0v) is 16.9. The second-order valence-electron chi connectivity index (χ2n) is 5.19. The largest absolute Gasteiger partial charge is 1.00 e. The quantitative estimate of drug-likeness (QED) is 0.402. The number of rotatable bonds is 4. The van der Waals surface area contributed by atoms with Gasteiger partial charge in [-0.05, 0) is 47.9 Å². The maximum absolute atomic E-state index is 11.2. The molecule has 0 saturated carbocycles. The Morgan fingerprint density at radius 2 is 1.69 bits per heavy atom. The molecule has 2 N–H and O–H groups in total. The van der Waals surface area contributed by atoms with Crippen LogP contribution in [-0.4, -0.2) is 25.2 Å². The molecule has 0 atom stereocenters. The van der Waals surface area contributed by atoms with Gasteiger partial charge in [0.1, 0.15) is 17.2 Å². The van der Waals surface area contributed by atoms with Crippen LogP contribution in [-0.2, 0) is 10.1 Å². The van der Waals surface area contributed by atoms with E-state index in [0.29, 0.717) is 22.2 Å². The van der Waals surface area contributed by atoms with Crippen molar-refractivity contribution in [3.8, 4) is 11.5 Å². The van der Waals surface area contributed by atoms with Crippen LogP contribution in [0.2, 0.25) is 0 Å². The Kier molecular flexibility index (Phi) is 6.38. The molecule has 7 nitrogen and oxygen atoms in total. The minimum atomic E-state index is -4.31. The number of ether oxygens (including phenoxy) is 1. The molecular weight excluding hydrogens is 367 g/mol. The number of benzene rings is 3. The average molecular weight is 382 g/mol. The van der Waals surface area contributed by atoms with Gasteiger partial charge < -0.3 is 11.3 Å². The summed E-state index contributed by atoms with van der Waals surface area (Å²) in [5.74, 6) is 0.592. The summed E-state index contributed by atoms with van der Waals surface area (Å²) < 4.78 is 36.7. The monoisotopic (exact) mass is 382 g/mol. The Morgan fingerprint density at radius 3 is 2.31 bits per heavy atom. The zero-order chi connectivity index (χ0) is 18.0. The smallest absolute Gasteiger partial charge is 1.00 e. The number of hydrogen-bond acceptors (Lipinski definition) is 6. The Morgan fingerprint density at radius 1 is 1.00 bits per heavy atom. The second kappa shape index (κ2) is 8.15. The fourth-order valence-corrected chi connectivity index (χ4v) is 2.82. The molecule has 0 aromatic heterocycles. The molecule has 3 aromatic rings. The van der Waals surface area contributed by atoms with Crippen molar-refractivity contribution >= 4 is 32.3 Å². The van der Waals surface area contributed by atoms with Gasteiger partial charge in [0.25, 0.3) is 10.1 Å². The third-order valence-electron chi connectivity index (χ3n) is 3.58. The summed E-state index contributed by atoms with van der Waals surface area (Å²) >= 11 is 0. The van der Waals surface area contributed by atoms with Crippen molar-refractivity contribution in [2.45, 2.75) is 4.90 Å². The van der Waals surface area contributed by atoms with E-state index in [1.54, 1.807) is 31.4 Å². The van der Waals surface area contributed by atoms with E-state index in [1.807, 2.05) is 0 Å². The molecule has 0 unspecified atom stereocenters. The molecule has 0 fully saturated rings. The minimum absolute atomic E-state index is 0. The number of aromatic hydroxyl groups is 1. The first-order valence-corrected chi connectivity index (χ1v) is 8.61. The van der Waals surface area contributed by atoms with E-state index in [9.17, 15) is 13.5 Å². The molecule has 26 heavy (non-hydrogen) atoms. The van der Waals surface area contributed by atoms with Crippen LogP contribution in [0.4, 0.5) is 11.4 Å². The normalized spacial score (nSPS) is 11.5. The average Bonchev–Trinajstić information content (AvgIpc) is 2.60. The first-order chi connectivity index (χ1) is 11.9. The standard InChI is InChI=1S/C17H14N2O5S.Na.H/c1-24-13-5-3-12(4-6-13)18-19-17-15-8-7-14(25(21,22)23)10-11(15)2-9-16(17)20;;/h2-10,20H,1H3,(H,21,22,23);;/q;+1;-1. The molecule has 3 aromatic carbocycles. The van der Waals surface area contributed by atoms with E-state index in [2.05, 4.69) is 10.2 Å². The van der Waals surface area contributed by atoms with Gasteiger partial charge in [-0.2, -0.15) is 13.5 Å². The van der Waals surface area contributed by atoms with Crippen LogP contribution in [0.1, 0.15) is 1.43 Å². The number of hydrogen-bond donors (Lipinski definition) is 2. The van der Waals surface area contributed by atoms with Crippen molar-refractivity contribution in [2.24, 2.45) is 10.2 Å². The first-order valence-electron chi connectivity index (χ1n) is 7.17. The van der Waals surface area contributed by atoms with Crippen LogP contribution in [0.3, 0.4) is 0 Å². The topological polar surface area (TPSA) is 109 Å². The molecule has 0 aliphatic heterocycles. The molecule has 0 saturated heterocycles. The number of nitrogens with zero attached hydrogens (tertiary/aromatic N) is 2. The van der Waals surface area contributed by atoms with Gasteiger partial charge in [-0.3, -0.25) is 4.55 Å². The number of phenols is 1. The second-order valence-corrected chi connectivity index (χ2v) is 6.61. The summed E-state index contributed by atoms with van der Waals surface area (Å²) in [6, 6.07) is 13.8. The van der Waals surface area contributed by atoms with Crippen LogP contribution in [0.5, 0.6) is 11.5 Å². The number of methoxy groups -OCH3 is 1. The summed E-state index contributed by atoms with van der Waals surface area (Å²) in [6.07, 6.45) is 0. The van der Waals surface area contributed by atoms with Crippen molar-refractivity contribution < 1.29 is 53.8 Å². The Labute approximate surface area is 173 Å². The van der Waals surface area contributed by atoms with E-state index in [-0.39, 0.29) is 47.3 Å². The van der Waals surface area contributed by atoms with Crippen molar-refractivity contribution in [1.29, 1.82) is 0 Å². The summed E-state index contributed by atoms with van der Waals surface area (Å²) in [7, 11) is -2.75. The molecule has 3 rings (SSSR count). The third kappa shape index (κ3) is 4.40. The number of azo groups is 1. The Balaban J connectivity index is 0.00000182. The molecule has 0 radical (unpaired) electrons. The Bertz CT molecular complexity index is 1070. The van der Waals surface area contributed by atoms with E-state index in [4.69, 9.17) is 9.29 Å². The van der Waals surface area contributed by atoms with Gasteiger partial charge in [0.2, 0.25) is 0 Å². The van der Waals surface area contributed by atoms with Gasteiger partial charge in [-0.15, -0.1) is 5.11 Å². The van der Waals surface area contributed by atoms with E-state index in [1.165, 1.54) is 30.3 Å². The van der Waals surface area contributed by atoms with Crippen molar-refractivity contribution in [3.05, 3.63) is 54.6 Å². The molecular formula is C17H15N2NaO5S. The van der Waals surface area contributed by atoms with Crippen LogP contribution < -0.4 is 34.3 Å².